The summed E-state index contributed by atoms with van der Waals surface area (Å²) in [6.07, 6.45) is 5.44. The summed E-state index contributed by atoms with van der Waals surface area (Å²) in [4.78, 5) is 8.26. The molecule has 4 nitrogen and oxygen atoms in total. The van der Waals surface area contributed by atoms with E-state index in [9.17, 15) is 10.4 Å². The van der Waals surface area contributed by atoms with Crippen molar-refractivity contribution in [1.29, 1.82) is 5.26 Å². The molecule has 1 aromatic carbocycles. The fourth-order valence-corrected chi connectivity index (χ4v) is 2.77. The highest BCUT2D eigenvalue weighted by molar-refractivity contribution is 5.47. The lowest BCUT2D eigenvalue weighted by Gasteiger charge is -2.34. The number of hydrogen-bond acceptors (Lipinski definition) is 4. The van der Waals surface area contributed by atoms with Gasteiger partial charge in [0, 0.05) is 17.3 Å². The molecule has 94 valence electrons. The van der Waals surface area contributed by atoms with Crippen molar-refractivity contribution < 1.29 is 5.11 Å². The molecule has 1 aliphatic carbocycles. The predicted octanol–water partition coefficient (Wildman–Crippen LogP) is 1.92. The Labute approximate surface area is 111 Å². The van der Waals surface area contributed by atoms with Gasteiger partial charge in [-0.2, -0.15) is 5.26 Å². The molecule has 0 radical (unpaired) electrons. The monoisotopic (exact) mass is 251 g/mol. The van der Waals surface area contributed by atoms with E-state index < -0.39 is 5.60 Å². The van der Waals surface area contributed by atoms with Gasteiger partial charge in [0.2, 0.25) is 0 Å². The largest absolute Gasteiger partial charge is 0.380 e. The minimum absolute atomic E-state index is 0.502. The average Bonchev–Trinajstić information content (AvgIpc) is 2.48. The Bertz CT molecular complexity index is 662. The van der Waals surface area contributed by atoms with Crippen molar-refractivity contribution in [3.63, 3.8) is 0 Å². The van der Waals surface area contributed by atoms with Crippen LogP contribution in [0.25, 0.3) is 0 Å². The third-order valence-corrected chi connectivity index (χ3v) is 3.69. The van der Waals surface area contributed by atoms with Crippen LogP contribution in [0.5, 0.6) is 0 Å². The van der Waals surface area contributed by atoms with E-state index in [0.29, 0.717) is 17.5 Å². The second kappa shape index (κ2) is 4.45. The number of aryl methyl sites for hydroxylation is 1. The molecule has 0 fully saturated rings. The van der Waals surface area contributed by atoms with E-state index in [1.807, 2.05) is 6.07 Å². The number of rotatable bonds is 1. The van der Waals surface area contributed by atoms with Gasteiger partial charge in [0.05, 0.1) is 17.3 Å². The van der Waals surface area contributed by atoms with Crippen LogP contribution < -0.4 is 0 Å². The molecule has 1 N–H and O–H groups in total. The van der Waals surface area contributed by atoms with Crippen LogP contribution in [0.3, 0.4) is 0 Å². The molecule has 0 amide bonds. The maximum Gasteiger partial charge on any atom is 0.119 e. The Balaban J connectivity index is 2.23. The summed E-state index contributed by atoms with van der Waals surface area (Å²) in [6.45, 7) is 0. The van der Waals surface area contributed by atoms with Crippen molar-refractivity contribution in [2.24, 2.45) is 0 Å². The molecule has 1 atom stereocenters. The second-order valence-corrected chi connectivity index (χ2v) is 4.75. The summed E-state index contributed by atoms with van der Waals surface area (Å²) < 4.78 is 0. The molecule has 4 heteroatoms. The Hall–Kier alpha value is -2.25. The third-order valence-electron chi connectivity index (χ3n) is 3.69. The van der Waals surface area contributed by atoms with Gasteiger partial charge in [0.15, 0.2) is 0 Å². The van der Waals surface area contributed by atoms with Crippen LogP contribution in [0.2, 0.25) is 0 Å². The zero-order valence-electron chi connectivity index (χ0n) is 10.4. The van der Waals surface area contributed by atoms with Crippen molar-refractivity contribution in [3.05, 3.63) is 59.2 Å². The highest BCUT2D eigenvalue weighted by Crippen LogP contribution is 2.40. The molecule has 3 rings (SSSR count). The normalized spacial score (nSPS) is 21.5. The predicted molar refractivity (Wildman–Crippen MR) is 69.1 cm³/mol. The molecular formula is C15H13N3O. The number of aromatic nitrogens is 2. The van der Waals surface area contributed by atoms with E-state index in [2.05, 4.69) is 16.0 Å². The van der Waals surface area contributed by atoms with Crippen LogP contribution in [0.15, 0.2) is 36.8 Å². The minimum Gasteiger partial charge on any atom is -0.380 e. The molecule has 1 heterocycles. The van der Waals surface area contributed by atoms with Gasteiger partial charge >= 0.3 is 0 Å². The van der Waals surface area contributed by atoms with E-state index >= 15 is 0 Å². The van der Waals surface area contributed by atoms with Gasteiger partial charge in [-0.15, -0.1) is 0 Å². The summed E-state index contributed by atoms with van der Waals surface area (Å²) in [7, 11) is 0. The van der Waals surface area contributed by atoms with Gasteiger partial charge < -0.3 is 5.11 Å². The first-order chi connectivity index (χ1) is 9.25. The molecule has 0 saturated carbocycles. The smallest absolute Gasteiger partial charge is 0.119 e. The molecule has 0 aliphatic heterocycles. The third kappa shape index (κ3) is 1.79. The van der Waals surface area contributed by atoms with Crippen LogP contribution in [-0.2, 0) is 12.0 Å². The molecule has 19 heavy (non-hydrogen) atoms. The molecule has 0 bridgehead atoms. The highest BCUT2D eigenvalue weighted by atomic mass is 16.3. The van der Waals surface area contributed by atoms with Crippen LogP contribution in [0.4, 0.5) is 0 Å². The van der Waals surface area contributed by atoms with E-state index in [0.717, 1.165) is 24.1 Å². The standard InChI is InChI=1S/C15H13N3O/c16-8-11-4-1-2-5-12(11)15(19)7-3-6-14-13(15)9-17-10-18-14/h1-2,4-5,9-10,19H,3,6-7H2. The highest BCUT2D eigenvalue weighted by Gasteiger charge is 2.38. The van der Waals surface area contributed by atoms with Gasteiger partial charge in [0.1, 0.15) is 11.9 Å². The molecule has 0 saturated heterocycles. The van der Waals surface area contributed by atoms with Gasteiger partial charge in [-0.25, -0.2) is 9.97 Å². The number of nitriles is 1. The van der Waals surface area contributed by atoms with Crippen molar-refractivity contribution in [3.8, 4) is 6.07 Å². The lowest BCUT2D eigenvalue weighted by atomic mass is 9.76. The number of aliphatic hydroxyl groups is 1. The van der Waals surface area contributed by atoms with Gasteiger partial charge in [0.25, 0.3) is 0 Å². The SMILES string of the molecule is N#Cc1ccccc1C1(O)CCCc2ncncc21. The molecule has 1 aromatic heterocycles. The summed E-state index contributed by atoms with van der Waals surface area (Å²) >= 11 is 0. The van der Waals surface area contributed by atoms with Gasteiger partial charge in [-0.1, -0.05) is 18.2 Å². The Morgan fingerprint density at radius 2 is 2.11 bits per heavy atom. The summed E-state index contributed by atoms with van der Waals surface area (Å²) in [5.41, 5.74) is 1.59. The number of benzene rings is 1. The first-order valence-electron chi connectivity index (χ1n) is 6.27. The Morgan fingerprint density at radius 3 is 2.95 bits per heavy atom. The quantitative estimate of drug-likeness (QED) is 0.840. The molecule has 1 unspecified atom stereocenters. The Kier molecular flexibility index (Phi) is 2.77. The molecule has 0 spiro atoms. The van der Waals surface area contributed by atoms with E-state index in [1.165, 1.54) is 6.33 Å². The van der Waals surface area contributed by atoms with E-state index in [-0.39, 0.29) is 0 Å². The van der Waals surface area contributed by atoms with Crippen LogP contribution >= 0.6 is 0 Å². The molecular weight excluding hydrogens is 238 g/mol. The maximum atomic E-state index is 11.1. The fourth-order valence-electron chi connectivity index (χ4n) is 2.77. The lowest BCUT2D eigenvalue weighted by Crippen LogP contribution is -2.33. The molecule has 1 aliphatic rings. The topological polar surface area (TPSA) is 69.8 Å². The maximum absolute atomic E-state index is 11.1. The average molecular weight is 251 g/mol. The number of nitrogens with zero attached hydrogens (tertiary/aromatic N) is 3. The van der Waals surface area contributed by atoms with Crippen LogP contribution in [0, 0.1) is 11.3 Å². The van der Waals surface area contributed by atoms with Crippen molar-refractivity contribution in [1.82, 2.24) is 9.97 Å². The van der Waals surface area contributed by atoms with Crippen molar-refractivity contribution in [2.75, 3.05) is 0 Å². The summed E-state index contributed by atoms with van der Waals surface area (Å²) in [5, 5.41) is 20.3. The fraction of sp³-hybridized carbons (Fsp3) is 0.267. The lowest BCUT2D eigenvalue weighted by molar-refractivity contribution is 0.0600. The minimum atomic E-state index is -1.15. The van der Waals surface area contributed by atoms with E-state index in [4.69, 9.17) is 0 Å². The molecule has 2 aromatic rings. The number of hydrogen-bond donors (Lipinski definition) is 1. The Morgan fingerprint density at radius 1 is 1.26 bits per heavy atom. The zero-order chi connectivity index (χ0) is 13.3. The van der Waals surface area contributed by atoms with Crippen LogP contribution in [-0.4, -0.2) is 15.1 Å². The van der Waals surface area contributed by atoms with E-state index in [1.54, 1.807) is 24.4 Å². The van der Waals surface area contributed by atoms with Gasteiger partial charge in [-0.05, 0) is 25.3 Å². The summed E-state index contributed by atoms with van der Waals surface area (Å²) in [5.74, 6) is 0. The first-order valence-corrected chi connectivity index (χ1v) is 6.27. The van der Waals surface area contributed by atoms with Crippen molar-refractivity contribution >= 4 is 0 Å². The first kappa shape index (κ1) is 11.8. The van der Waals surface area contributed by atoms with Crippen LogP contribution in [0.1, 0.15) is 35.2 Å². The zero-order valence-corrected chi connectivity index (χ0v) is 10.4. The number of fused-ring (bicyclic) bond motifs is 1. The van der Waals surface area contributed by atoms with Crippen molar-refractivity contribution in [2.45, 2.75) is 24.9 Å². The van der Waals surface area contributed by atoms with Gasteiger partial charge in [-0.3, -0.25) is 0 Å². The summed E-state index contributed by atoms with van der Waals surface area (Å²) in [6, 6.07) is 9.32. The second-order valence-electron chi connectivity index (χ2n) is 4.75.